The zero-order valence-electron chi connectivity index (χ0n) is 15.3. The quantitative estimate of drug-likeness (QED) is 0.748. The predicted molar refractivity (Wildman–Crippen MR) is 104 cm³/mol. The van der Waals surface area contributed by atoms with E-state index in [0.29, 0.717) is 6.04 Å². The molecule has 0 atom stereocenters. The average molecular weight is 322 g/mol. The summed E-state index contributed by atoms with van der Waals surface area (Å²) in [7, 11) is 0. The Kier molecular flexibility index (Phi) is 4.58. The van der Waals surface area contributed by atoms with Crippen LogP contribution in [0.5, 0.6) is 0 Å². The Balaban J connectivity index is 1.74. The summed E-state index contributed by atoms with van der Waals surface area (Å²) in [6, 6.07) is 9.29. The molecule has 0 aliphatic heterocycles. The first-order valence-electron chi connectivity index (χ1n) is 9.13. The van der Waals surface area contributed by atoms with Crippen molar-refractivity contribution in [3.05, 3.63) is 65.5 Å². The minimum atomic E-state index is 0.180. The lowest BCUT2D eigenvalue weighted by atomic mass is 9.86. The molecular formula is C22H30N2. The lowest BCUT2D eigenvalue weighted by Gasteiger charge is -2.35. The summed E-state index contributed by atoms with van der Waals surface area (Å²) < 4.78 is 0. The van der Waals surface area contributed by atoms with Gasteiger partial charge in [0.1, 0.15) is 0 Å². The molecule has 1 aromatic rings. The molecule has 24 heavy (non-hydrogen) atoms. The van der Waals surface area contributed by atoms with Gasteiger partial charge in [0.05, 0.1) is 11.4 Å². The van der Waals surface area contributed by atoms with Crippen LogP contribution in [0.25, 0.3) is 0 Å². The highest BCUT2D eigenvalue weighted by Gasteiger charge is 2.28. The van der Waals surface area contributed by atoms with Gasteiger partial charge in [0.15, 0.2) is 0 Å². The van der Waals surface area contributed by atoms with Crippen LogP contribution in [0, 0.1) is 0 Å². The van der Waals surface area contributed by atoms with Crippen LogP contribution in [0.4, 0.5) is 5.69 Å². The van der Waals surface area contributed by atoms with Crippen molar-refractivity contribution in [2.75, 3.05) is 5.32 Å². The van der Waals surface area contributed by atoms with Crippen LogP contribution in [0.15, 0.2) is 60.0 Å². The Morgan fingerprint density at radius 2 is 1.46 bits per heavy atom. The number of nitrogens with one attached hydrogen (secondary N) is 2. The minimum absolute atomic E-state index is 0.180. The normalized spacial score (nSPS) is 19.3. The van der Waals surface area contributed by atoms with E-state index in [-0.39, 0.29) is 5.41 Å². The van der Waals surface area contributed by atoms with Crippen molar-refractivity contribution in [2.45, 2.75) is 64.3 Å². The van der Waals surface area contributed by atoms with Crippen molar-refractivity contribution >= 4 is 5.69 Å². The van der Waals surface area contributed by atoms with Gasteiger partial charge in [-0.1, -0.05) is 65.3 Å². The van der Waals surface area contributed by atoms with Crippen LogP contribution in [-0.4, -0.2) is 6.04 Å². The molecule has 0 unspecified atom stereocenters. The third-order valence-corrected chi connectivity index (χ3v) is 5.19. The molecule has 1 aromatic carbocycles. The van der Waals surface area contributed by atoms with Gasteiger partial charge in [-0.2, -0.15) is 0 Å². The van der Waals surface area contributed by atoms with Gasteiger partial charge in [-0.25, -0.2) is 0 Å². The van der Waals surface area contributed by atoms with E-state index in [4.69, 9.17) is 0 Å². The van der Waals surface area contributed by atoms with Crippen molar-refractivity contribution in [2.24, 2.45) is 0 Å². The van der Waals surface area contributed by atoms with Gasteiger partial charge >= 0.3 is 0 Å². The molecule has 0 radical (unpaired) electrons. The molecule has 2 aliphatic rings. The topological polar surface area (TPSA) is 24.1 Å². The molecule has 2 nitrogen and oxygen atoms in total. The van der Waals surface area contributed by atoms with Crippen LogP contribution >= 0.6 is 0 Å². The van der Waals surface area contributed by atoms with E-state index < -0.39 is 0 Å². The third-order valence-electron chi connectivity index (χ3n) is 5.19. The first-order valence-corrected chi connectivity index (χ1v) is 9.13. The summed E-state index contributed by atoms with van der Waals surface area (Å²) in [6.07, 6.45) is 6.55. The van der Waals surface area contributed by atoms with Gasteiger partial charge in [-0.15, -0.1) is 0 Å². The summed E-state index contributed by atoms with van der Waals surface area (Å²) in [4.78, 5) is 0. The number of allylic oxidation sites excluding steroid dienone is 2. The van der Waals surface area contributed by atoms with Crippen molar-refractivity contribution in [1.29, 1.82) is 0 Å². The number of anilines is 1. The average Bonchev–Trinajstić information content (AvgIpc) is 2.58. The van der Waals surface area contributed by atoms with Gasteiger partial charge in [-0.05, 0) is 36.0 Å². The van der Waals surface area contributed by atoms with Crippen molar-refractivity contribution in [1.82, 2.24) is 5.32 Å². The Bertz CT molecular complexity index is 665. The highest BCUT2D eigenvalue weighted by molar-refractivity contribution is 5.72. The van der Waals surface area contributed by atoms with Crippen LogP contribution in [0.2, 0.25) is 0 Å². The van der Waals surface area contributed by atoms with Crippen molar-refractivity contribution < 1.29 is 0 Å². The number of hydrogen-bond acceptors (Lipinski definition) is 2. The first kappa shape index (κ1) is 16.9. The maximum absolute atomic E-state index is 4.17. The highest BCUT2D eigenvalue weighted by atomic mass is 15.0. The molecule has 2 heteroatoms. The van der Waals surface area contributed by atoms with Crippen LogP contribution < -0.4 is 10.6 Å². The maximum Gasteiger partial charge on any atom is 0.0700 e. The summed E-state index contributed by atoms with van der Waals surface area (Å²) in [5.74, 6) is 0. The van der Waals surface area contributed by atoms with E-state index in [1.807, 2.05) is 0 Å². The number of hydrogen-bond donors (Lipinski definition) is 2. The predicted octanol–water partition coefficient (Wildman–Crippen LogP) is 5.66. The van der Waals surface area contributed by atoms with Gasteiger partial charge < -0.3 is 10.6 Å². The summed E-state index contributed by atoms with van der Waals surface area (Å²) in [6.45, 7) is 15.0. The molecule has 0 aromatic heterocycles. The fraction of sp³-hybridized carbons (Fsp3) is 0.455. The van der Waals surface area contributed by atoms with Crippen LogP contribution in [0.1, 0.15) is 58.4 Å². The molecule has 0 spiro atoms. The van der Waals surface area contributed by atoms with Crippen LogP contribution in [0.3, 0.4) is 0 Å². The standard InChI is InChI=1S/C22H30N2/c1-15-16(2)21(20(15)23-18-9-7-6-8-10-18)24-19-13-11-17(12-14-19)22(3,4)5/h11-14,18,23-24H,1-2,6-10H2,3-5H3. The monoisotopic (exact) mass is 322 g/mol. The molecule has 1 saturated carbocycles. The van der Waals surface area contributed by atoms with E-state index in [1.165, 1.54) is 37.7 Å². The van der Waals surface area contributed by atoms with E-state index in [1.54, 1.807) is 0 Å². The molecular weight excluding hydrogens is 292 g/mol. The van der Waals surface area contributed by atoms with Gasteiger partial charge in [0.2, 0.25) is 0 Å². The first-order chi connectivity index (χ1) is 11.4. The minimum Gasteiger partial charge on any atom is -0.380 e. The molecule has 0 bridgehead atoms. The lowest BCUT2D eigenvalue weighted by molar-refractivity contribution is 0.396. The second kappa shape index (κ2) is 6.51. The number of rotatable bonds is 4. The van der Waals surface area contributed by atoms with E-state index >= 15 is 0 Å². The Morgan fingerprint density at radius 1 is 0.875 bits per heavy atom. The van der Waals surface area contributed by atoms with E-state index in [9.17, 15) is 0 Å². The second-order valence-electron chi connectivity index (χ2n) is 8.14. The molecule has 2 aliphatic carbocycles. The molecule has 2 N–H and O–H groups in total. The highest BCUT2D eigenvalue weighted by Crippen LogP contribution is 2.37. The SMILES string of the molecule is C=C1C(=C)C(NC2CCCCC2)=C1Nc1ccc(C(C)(C)C)cc1. The second-order valence-corrected chi connectivity index (χ2v) is 8.14. The molecule has 0 heterocycles. The van der Waals surface area contributed by atoms with Crippen molar-refractivity contribution in [3.63, 3.8) is 0 Å². The fourth-order valence-corrected chi connectivity index (χ4v) is 3.49. The van der Waals surface area contributed by atoms with Gasteiger partial charge in [0, 0.05) is 22.9 Å². The summed E-state index contributed by atoms with van der Waals surface area (Å²) >= 11 is 0. The molecule has 0 amide bonds. The van der Waals surface area contributed by atoms with Crippen molar-refractivity contribution in [3.8, 4) is 0 Å². The molecule has 3 rings (SSSR count). The summed E-state index contributed by atoms with van der Waals surface area (Å²) in [5.41, 5.74) is 6.97. The number of benzene rings is 1. The molecule has 0 saturated heterocycles. The zero-order valence-corrected chi connectivity index (χ0v) is 15.3. The lowest BCUT2D eigenvalue weighted by Crippen LogP contribution is -2.36. The van der Waals surface area contributed by atoms with Crippen LogP contribution in [-0.2, 0) is 5.41 Å². The molecule has 128 valence electrons. The largest absolute Gasteiger partial charge is 0.380 e. The Hall–Kier alpha value is -1.96. The van der Waals surface area contributed by atoms with E-state index in [0.717, 1.165) is 28.2 Å². The maximum atomic E-state index is 4.17. The fourth-order valence-electron chi connectivity index (χ4n) is 3.49. The van der Waals surface area contributed by atoms with Gasteiger partial charge in [-0.3, -0.25) is 0 Å². The smallest absolute Gasteiger partial charge is 0.0700 e. The third kappa shape index (κ3) is 3.43. The Labute approximate surface area is 146 Å². The molecule has 1 fully saturated rings. The zero-order chi connectivity index (χ0) is 17.3. The van der Waals surface area contributed by atoms with E-state index in [2.05, 4.69) is 68.8 Å². The summed E-state index contributed by atoms with van der Waals surface area (Å²) in [5, 5.41) is 7.23. The van der Waals surface area contributed by atoms with Gasteiger partial charge in [0.25, 0.3) is 0 Å². The Morgan fingerprint density at radius 3 is 2.04 bits per heavy atom.